The Hall–Kier alpha value is -3.79. The molecule has 4 heteroatoms. The van der Waals surface area contributed by atoms with Gasteiger partial charge < -0.3 is 14.4 Å². The number of fused-ring (bicyclic) bond motifs is 2. The van der Waals surface area contributed by atoms with Gasteiger partial charge in [-0.3, -0.25) is 0 Å². The molecule has 0 amide bonds. The van der Waals surface area contributed by atoms with E-state index in [1.807, 2.05) is 36.4 Å². The Morgan fingerprint density at radius 3 is 2.37 bits per heavy atom. The third-order valence-corrected chi connectivity index (χ3v) is 6.83. The topological polar surface area (TPSA) is 38.8 Å². The predicted molar refractivity (Wildman–Crippen MR) is 142 cm³/mol. The van der Waals surface area contributed by atoms with Crippen molar-refractivity contribution in [2.45, 2.75) is 39.7 Å². The summed E-state index contributed by atoms with van der Waals surface area (Å²) in [6.07, 6.45) is -0.492. The van der Waals surface area contributed by atoms with Gasteiger partial charge in [-0.2, -0.15) is 0 Å². The normalized spacial score (nSPS) is 14.8. The van der Waals surface area contributed by atoms with E-state index in [1.54, 1.807) is 0 Å². The SMILES string of the molecule is CCN(CC)c1ccc(C2OC(=O)c3ccccc32)c(Oc2ccc3cc(C(C)C)ccc3c2)c1. The fraction of sp³-hybridized carbons (Fsp3) is 0.258. The van der Waals surface area contributed by atoms with Crippen LogP contribution in [0.2, 0.25) is 0 Å². The maximum atomic E-state index is 12.5. The van der Waals surface area contributed by atoms with Crippen LogP contribution in [0, 0.1) is 0 Å². The van der Waals surface area contributed by atoms with Crippen LogP contribution < -0.4 is 9.64 Å². The van der Waals surface area contributed by atoms with E-state index in [0.717, 1.165) is 41.0 Å². The van der Waals surface area contributed by atoms with Crippen LogP contribution in [0.5, 0.6) is 11.5 Å². The van der Waals surface area contributed by atoms with Crippen molar-refractivity contribution in [3.63, 3.8) is 0 Å². The molecular weight excluding hydrogens is 434 g/mol. The fourth-order valence-electron chi connectivity index (χ4n) is 4.78. The lowest BCUT2D eigenvalue weighted by Gasteiger charge is -2.24. The molecule has 1 aliphatic heterocycles. The van der Waals surface area contributed by atoms with E-state index >= 15 is 0 Å². The van der Waals surface area contributed by atoms with Crippen LogP contribution in [0.1, 0.15) is 66.8 Å². The van der Waals surface area contributed by atoms with Gasteiger partial charge in [0.1, 0.15) is 11.5 Å². The third-order valence-electron chi connectivity index (χ3n) is 6.83. The van der Waals surface area contributed by atoms with Crippen molar-refractivity contribution in [1.82, 2.24) is 0 Å². The zero-order valence-electron chi connectivity index (χ0n) is 20.7. The largest absolute Gasteiger partial charge is 0.457 e. The van der Waals surface area contributed by atoms with Gasteiger partial charge in [0.25, 0.3) is 0 Å². The van der Waals surface area contributed by atoms with Gasteiger partial charge in [-0.25, -0.2) is 4.79 Å². The zero-order chi connectivity index (χ0) is 24.5. The molecule has 35 heavy (non-hydrogen) atoms. The molecule has 0 saturated carbocycles. The molecule has 1 unspecified atom stereocenters. The number of hydrogen-bond acceptors (Lipinski definition) is 4. The number of cyclic esters (lactones) is 1. The Kier molecular flexibility index (Phi) is 6.21. The number of rotatable bonds is 7. The quantitative estimate of drug-likeness (QED) is 0.260. The third kappa shape index (κ3) is 4.37. The Morgan fingerprint density at radius 1 is 0.857 bits per heavy atom. The van der Waals surface area contributed by atoms with E-state index < -0.39 is 6.10 Å². The summed E-state index contributed by atoms with van der Waals surface area (Å²) in [5.74, 6) is 1.64. The van der Waals surface area contributed by atoms with Gasteiger partial charge in [0.2, 0.25) is 0 Å². The van der Waals surface area contributed by atoms with Gasteiger partial charge in [-0.05, 0) is 66.4 Å². The number of carbonyl (C=O) groups is 1. The predicted octanol–water partition coefficient (Wildman–Crippen LogP) is 7.86. The van der Waals surface area contributed by atoms with Crippen LogP contribution in [-0.4, -0.2) is 19.1 Å². The molecule has 1 aliphatic rings. The highest BCUT2D eigenvalue weighted by Crippen LogP contribution is 2.42. The summed E-state index contributed by atoms with van der Waals surface area (Å²) in [7, 11) is 0. The summed E-state index contributed by atoms with van der Waals surface area (Å²) in [6.45, 7) is 10.5. The van der Waals surface area contributed by atoms with E-state index in [4.69, 9.17) is 9.47 Å². The Labute approximate surface area is 207 Å². The van der Waals surface area contributed by atoms with E-state index in [2.05, 4.69) is 75.1 Å². The first-order chi connectivity index (χ1) is 17.0. The summed E-state index contributed by atoms with van der Waals surface area (Å²) in [6, 6.07) is 26.5. The lowest BCUT2D eigenvalue weighted by atomic mass is 9.98. The lowest BCUT2D eigenvalue weighted by Crippen LogP contribution is -2.21. The van der Waals surface area contributed by atoms with Gasteiger partial charge in [-0.1, -0.05) is 56.3 Å². The second-order valence-electron chi connectivity index (χ2n) is 9.29. The Balaban J connectivity index is 1.57. The van der Waals surface area contributed by atoms with Crippen molar-refractivity contribution in [3.8, 4) is 11.5 Å². The van der Waals surface area contributed by atoms with Crippen LogP contribution >= 0.6 is 0 Å². The number of hydrogen-bond donors (Lipinski definition) is 0. The maximum Gasteiger partial charge on any atom is 0.339 e. The molecule has 1 atom stereocenters. The zero-order valence-corrected chi connectivity index (χ0v) is 20.7. The molecule has 0 bridgehead atoms. The molecule has 0 spiro atoms. The second kappa shape index (κ2) is 9.46. The number of anilines is 1. The first-order valence-corrected chi connectivity index (χ1v) is 12.4. The molecule has 0 aliphatic carbocycles. The maximum absolute atomic E-state index is 12.5. The highest BCUT2D eigenvalue weighted by molar-refractivity contribution is 5.94. The van der Waals surface area contributed by atoms with E-state index in [0.29, 0.717) is 17.2 Å². The summed E-state index contributed by atoms with van der Waals surface area (Å²) < 4.78 is 12.3. The summed E-state index contributed by atoms with van der Waals surface area (Å²) in [4.78, 5) is 14.8. The minimum absolute atomic E-state index is 0.295. The summed E-state index contributed by atoms with van der Waals surface area (Å²) >= 11 is 0. The molecule has 0 fully saturated rings. The second-order valence-corrected chi connectivity index (χ2v) is 9.29. The monoisotopic (exact) mass is 465 g/mol. The average molecular weight is 466 g/mol. The fourth-order valence-corrected chi connectivity index (χ4v) is 4.78. The number of benzene rings is 4. The molecule has 0 N–H and O–H groups in total. The van der Waals surface area contributed by atoms with Crippen LogP contribution in [0.25, 0.3) is 10.8 Å². The van der Waals surface area contributed by atoms with Crippen molar-refractivity contribution in [2.75, 3.05) is 18.0 Å². The van der Waals surface area contributed by atoms with Crippen molar-refractivity contribution < 1.29 is 14.3 Å². The van der Waals surface area contributed by atoms with Crippen LogP contribution in [-0.2, 0) is 4.74 Å². The molecule has 1 heterocycles. The average Bonchev–Trinajstić information content (AvgIpc) is 3.21. The van der Waals surface area contributed by atoms with Crippen LogP contribution in [0.3, 0.4) is 0 Å². The molecule has 4 nitrogen and oxygen atoms in total. The first kappa shape index (κ1) is 23.0. The molecule has 0 radical (unpaired) electrons. The van der Waals surface area contributed by atoms with Crippen molar-refractivity contribution in [3.05, 3.63) is 101 Å². The molecular formula is C31H31NO3. The van der Waals surface area contributed by atoms with Gasteiger partial charge in [0.05, 0.1) is 5.56 Å². The highest BCUT2D eigenvalue weighted by atomic mass is 16.6. The van der Waals surface area contributed by atoms with E-state index in [-0.39, 0.29) is 5.97 Å². The van der Waals surface area contributed by atoms with Crippen molar-refractivity contribution in [2.24, 2.45) is 0 Å². The standard InChI is InChI=1S/C31H31NO3/c1-5-32(6-2)24-14-16-28(30-26-9-7-8-10-27(26)31(33)35-30)29(19-24)34-25-15-13-22-17-21(20(3)4)11-12-23(22)18-25/h7-20,30H,5-6H2,1-4H3. The summed E-state index contributed by atoms with van der Waals surface area (Å²) in [5.41, 5.74) is 4.73. The van der Waals surface area contributed by atoms with Gasteiger partial charge in [-0.15, -0.1) is 0 Å². The van der Waals surface area contributed by atoms with Crippen LogP contribution in [0.4, 0.5) is 5.69 Å². The molecule has 0 aromatic heterocycles. The number of esters is 1. The van der Waals surface area contributed by atoms with Gasteiger partial charge in [0, 0.05) is 36.0 Å². The van der Waals surface area contributed by atoms with Crippen LogP contribution in [0.15, 0.2) is 78.9 Å². The molecule has 4 aromatic carbocycles. The van der Waals surface area contributed by atoms with Crippen molar-refractivity contribution >= 4 is 22.4 Å². The Morgan fingerprint density at radius 2 is 1.60 bits per heavy atom. The Bertz CT molecular complexity index is 1390. The minimum Gasteiger partial charge on any atom is -0.457 e. The highest BCUT2D eigenvalue weighted by Gasteiger charge is 2.34. The molecule has 4 aromatic rings. The number of nitrogens with zero attached hydrogens (tertiary/aromatic N) is 1. The molecule has 5 rings (SSSR count). The van der Waals surface area contributed by atoms with Crippen molar-refractivity contribution in [1.29, 1.82) is 0 Å². The first-order valence-electron chi connectivity index (χ1n) is 12.4. The summed E-state index contributed by atoms with van der Waals surface area (Å²) in [5, 5.41) is 2.32. The molecule has 178 valence electrons. The van der Waals surface area contributed by atoms with Gasteiger partial charge in [0.15, 0.2) is 6.10 Å². The number of ether oxygens (including phenoxy) is 2. The van der Waals surface area contributed by atoms with E-state index in [9.17, 15) is 4.79 Å². The molecule has 0 saturated heterocycles. The minimum atomic E-state index is -0.492. The number of carbonyl (C=O) groups excluding carboxylic acids is 1. The van der Waals surface area contributed by atoms with Gasteiger partial charge >= 0.3 is 5.97 Å². The smallest absolute Gasteiger partial charge is 0.339 e. The van der Waals surface area contributed by atoms with E-state index in [1.165, 1.54) is 10.9 Å². The lowest BCUT2D eigenvalue weighted by molar-refractivity contribution is 0.0453.